The third-order valence-electron chi connectivity index (χ3n) is 5.14. The lowest BCUT2D eigenvalue weighted by molar-refractivity contribution is 0.312. The van der Waals surface area contributed by atoms with Crippen molar-refractivity contribution in [3.05, 3.63) is 66.2 Å². The van der Waals surface area contributed by atoms with Crippen LogP contribution in [0.3, 0.4) is 0 Å². The highest BCUT2D eigenvalue weighted by atomic mass is 19.1. The molecule has 2 N–H and O–H groups in total. The van der Waals surface area contributed by atoms with Crippen molar-refractivity contribution in [2.24, 2.45) is 0 Å². The molecule has 4 aromatic rings. The Morgan fingerprint density at radius 1 is 1.10 bits per heavy atom. The van der Waals surface area contributed by atoms with E-state index in [-0.39, 0.29) is 11.8 Å². The minimum Gasteiger partial charge on any atom is -0.368 e. The van der Waals surface area contributed by atoms with Gasteiger partial charge in [0.1, 0.15) is 11.5 Å². The molecular weight excluding hydrogens is 367 g/mol. The molecular formula is C22H23FN6. The summed E-state index contributed by atoms with van der Waals surface area (Å²) in [5.41, 5.74) is 10.8. The van der Waals surface area contributed by atoms with Crippen LogP contribution in [-0.2, 0) is 6.42 Å². The lowest BCUT2D eigenvalue weighted by Crippen LogP contribution is -2.26. The van der Waals surface area contributed by atoms with Gasteiger partial charge in [0.2, 0.25) is 5.95 Å². The van der Waals surface area contributed by atoms with E-state index < -0.39 is 0 Å². The molecule has 6 nitrogen and oxygen atoms in total. The van der Waals surface area contributed by atoms with Gasteiger partial charge in [0, 0.05) is 24.0 Å². The maximum atomic E-state index is 13.5. The van der Waals surface area contributed by atoms with Gasteiger partial charge in [-0.2, -0.15) is 0 Å². The Hall–Kier alpha value is -3.32. The molecule has 3 heterocycles. The van der Waals surface area contributed by atoms with Crippen LogP contribution < -0.4 is 5.73 Å². The second-order valence-electron chi connectivity index (χ2n) is 7.40. The van der Waals surface area contributed by atoms with Crippen LogP contribution in [-0.4, -0.2) is 44.4 Å². The van der Waals surface area contributed by atoms with Gasteiger partial charge in [-0.1, -0.05) is 0 Å². The Morgan fingerprint density at radius 3 is 2.55 bits per heavy atom. The predicted octanol–water partition coefficient (Wildman–Crippen LogP) is 3.67. The Bertz CT molecular complexity index is 1150. The van der Waals surface area contributed by atoms with E-state index in [0.29, 0.717) is 11.7 Å². The fraction of sp³-hybridized carbons (Fsp3) is 0.227. The number of hydrogen-bond acceptors (Lipinski definition) is 5. The van der Waals surface area contributed by atoms with Crippen molar-refractivity contribution in [1.82, 2.24) is 24.3 Å². The number of rotatable bonds is 5. The highest BCUT2D eigenvalue weighted by Gasteiger charge is 2.18. The SMILES string of the molecule is CC(Cc1ccn2c(-c3ccnc(N)n3)c(-c3ccc(F)cc3)nc2c1)N(C)C. The molecule has 0 saturated carbocycles. The molecule has 4 rings (SSSR count). The average Bonchev–Trinajstić information content (AvgIpc) is 3.07. The zero-order chi connectivity index (χ0) is 20.5. The van der Waals surface area contributed by atoms with Gasteiger partial charge < -0.3 is 10.6 Å². The van der Waals surface area contributed by atoms with E-state index in [2.05, 4.69) is 48.0 Å². The minimum absolute atomic E-state index is 0.193. The molecule has 0 radical (unpaired) electrons. The summed E-state index contributed by atoms with van der Waals surface area (Å²) in [5.74, 6) is -0.0933. The van der Waals surface area contributed by atoms with Crippen molar-refractivity contribution in [1.29, 1.82) is 0 Å². The van der Waals surface area contributed by atoms with Gasteiger partial charge >= 0.3 is 0 Å². The highest BCUT2D eigenvalue weighted by molar-refractivity contribution is 5.80. The van der Waals surface area contributed by atoms with E-state index in [1.807, 2.05) is 10.6 Å². The molecule has 29 heavy (non-hydrogen) atoms. The topological polar surface area (TPSA) is 72.3 Å². The van der Waals surface area contributed by atoms with Gasteiger partial charge in [-0.3, -0.25) is 4.40 Å². The van der Waals surface area contributed by atoms with Crippen LogP contribution in [0.15, 0.2) is 54.9 Å². The van der Waals surface area contributed by atoms with Crippen molar-refractivity contribution in [2.75, 3.05) is 19.8 Å². The number of nitrogens with two attached hydrogens (primary N) is 1. The van der Waals surface area contributed by atoms with Crippen LogP contribution in [0.5, 0.6) is 0 Å². The van der Waals surface area contributed by atoms with E-state index in [1.54, 1.807) is 24.4 Å². The van der Waals surface area contributed by atoms with Crippen molar-refractivity contribution in [2.45, 2.75) is 19.4 Å². The number of pyridine rings is 1. The third-order valence-corrected chi connectivity index (χ3v) is 5.14. The summed E-state index contributed by atoms with van der Waals surface area (Å²) < 4.78 is 15.4. The predicted molar refractivity (Wildman–Crippen MR) is 113 cm³/mol. The molecule has 0 aliphatic rings. The maximum Gasteiger partial charge on any atom is 0.220 e. The Labute approximate surface area is 168 Å². The first-order chi connectivity index (χ1) is 13.9. The van der Waals surface area contributed by atoms with E-state index in [9.17, 15) is 4.39 Å². The molecule has 1 atom stereocenters. The van der Waals surface area contributed by atoms with Crippen LogP contribution in [0.2, 0.25) is 0 Å². The van der Waals surface area contributed by atoms with Gasteiger partial charge in [-0.15, -0.1) is 0 Å². The number of likely N-dealkylation sites (N-methyl/N-ethyl adjacent to an activating group) is 1. The van der Waals surface area contributed by atoms with E-state index in [1.165, 1.54) is 17.7 Å². The number of aromatic nitrogens is 4. The monoisotopic (exact) mass is 390 g/mol. The number of fused-ring (bicyclic) bond motifs is 1. The van der Waals surface area contributed by atoms with Gasteiger partial charge in [0.25, 0.3) is 0 Å². The number of nitrogen functional groups attached to an aromatic ring is 1. The Morgan fingerprint density at radius 2 is 1.86 bits per heavy atom. The summed E-state index contributed by atoms with van der Waals surface area (Å²) in [6.07, 6.45) is 4.54. The van der Waals surface area contributed by atoms with Crippen molar-refractivity contribution >= 4 is 11.6 Å². The van der Waals surface area contributed by atoms with E-state index >= 15 is 0 Å². The van der Waals surface area contributed by atoms with E-state index in [0.717, 1.165) is 29.0 Å². The van der Waals surface area contributed by atoms with Gasteiger partial charge in [0.15, 0.2) is 0 Å². The second-order valence-corrected chi connectivity index (χ2v) is 7.40. The van der Waals surface area contributed by atoms with Crippen LogP contribution >= 0.6 is 0 Å². The summed E-state index contributed by atoms with van der Waals surface area (Å²) in [6, 6.07) is 12.7. The first-order valence-electron chi connectivity index (χ1n) is 9.44. The molecule has 0 amide bonds. The number of nitrogens with zero attached hydrogens (tertiary/aromatic N) is 5. The molecule has 3 aromatic heterocycles. The smallest absolute Gasteiger partial charge is 0.220 e. The fourth-order valence-electron chi connectivity index (χ4n) is 3.30. The summed E-state index contributed by atoms with van der Waals surface area (Å²) >= 11 is 0. The zero-order valence-electron chi connectivity index (χ0n) is 16.7. The quantitative estimate of drug-likeness (QED) is 0.563. The lowest BCUT2D eigenvalue weighted by atomic mass is 10.1. The fourth-order valence-corrected chi connectivity index (χ4v) is 3.30. The molecule has 148 valence electrons. The largest absolute Gasteiger partial charge is 0.368 e. The molecule has 1 unspecified atom stereocenters. The first kappa shape index (κ1) is 19.0. The number of benzene rings is 1. The second kappa shape index (κ2) is 7.60. The number of anilines is 1. The van der Waals surface area contributed by atoms with Crippen LogP contribution in [0, 0.1) is 5.82 Å². The zero-order valence-corrected chi connectivity index (χ0v) is 16.7. The lowest BCUT2D eigenvalue weighted by Gasteiger charge is -2.19. The summed E-state index contributed by atoms with van der Waals surface area (Å²) in [7, 11) is 4.14. The summed E-state index contributed by atoms with van der Waals surface area (Å²) in [5, 5.41) is 0. The van der Waals surface area contributed by atoms with E-state index in [4.69, 9.17) is 10.7 Å². The summed E-state index contributed by atoms with van der Waals surface area (Å²) in [6.45, 7) is 2.19. The highest BCUT2D eigenvalue weighted by Crippen LogP contribution is 2.32. The molecule has 0 saturated heterocycles. The van der Waals surface area contributed by atoms with Crippen LogP contribution in [0.1, 0.15) is 12.5 Å². The average molecular weight is 390 g/mol. The Balaban J connectivity index is 1.89. The van der Waals surface area contributed by atoms with Crippen molar-refractivity contribution in [3.63, 3.8) is 0 Å². The standard InChI is InChI=1S/C22H23FN6/c1-14(28(2)3)12-15-9-11-29-19(13-15)27-20(16-4-6-17(23)7-5-16)21(29)18-8-10-25-22(24)26-18/h4-11,13-14H,12H2,1-3H3,(H2,24,25,26). The molecule has 7 heteroatoms. The van der Waals surface area contributed by atoms with Gasteiger partial charge in [0.05, 0.1) is 17.1 Å². The molecule has 1 aromatic carbocycles. The normalized spacial score (nSPS) is 12.6. The molecule has 0 fully saturated rings. The maximum absolute atomic E-state index is 13.5. The molecule has 0 bridgehead atoms. The Kier molecular flexibility index (Phi) is 4.98. The van der Waals surface area contributed by atoms with Crippen LogP contribution in [0.4, 0.5) is 10.3 Å². The molecule has 0 aliphatic heterocycles. The third kappa shape index (κ3) is 3.82. The minimum atomic E-state index is -0.287. The van der Waals surface area contributed by atoms with Gasteiger partial charge in [-0.25, -0.2) is 19.3 Å². The molecule has 0 aliphatic carbocycles. The van der Waals surface area contributed by atoms with Gasteiger partial charge in [-0.05, 0) is 75.5 Å². The number of imidazole rings is 1. The van der Waals surface area contributed by atoms with Crippen molar-refractivity contribution < 1.29 is 4.39 Å². The molecule has 0 spiro atoms. The first-order valence-corrected chi connectivity index (χ1v) is 9.44. The van der Waals surface area contributed by atoms with Crippen molar-refractivity contribution in [3.8, 4) is 22.6 Å². The number of halogens is 1. The number of hydrogen-bond donors (Lipinski definition) is 1. The summed E-state index contributed by atoms with van der Waals surface area (Å²) in [4.78, 5) is 15.4. The van der Waals surface area contributed by atoms with Crippen LogP contribution in [0.25, 0.3) is 28.3 Å².